The van der Waals surface area contributed by atoms with Gasteiger partial charge in [-0.3, -0.25) is 9.59 Å². The number of carbonyl (C=O) groups excluding carboxylic acids is 2. The largest absolute Gasteiger partial charge is 0.347 e. The van der Waals surface area contributed by atoms with Crippen LogP contribution in [0.2, 0.25) is 5.02 Å². The molecule has 2 aromatic rings. The van der Waals surface area contributed by atoms with E-state index < -0.39 is 5.41 Å². The summed E-state index contributed by atoms with van der Waals surface area (Å²) in [6.07, 6.45) is 3.77. The molecule has 1 saturated carbocycles. The lowest BCUT2D eigenvalue weighted by Gasteiger charge is -2.36. The van der Waals surface area contributed by atoms with E-state index in [0.29, 0.717) is 36.3 Å². The van der Waals surface area contributed by atoms with Crippen LogP contribution in [-0.2, 0) is 23.3 Å². The van der Waals surface area contributed by atoms with Gasteiger partial charge in [0.25, 0.3) is 5.91 Å². The van der Waals surface area contributed by atoms with Crippen molar-refractivity contribution in [2.45, 2.75) is 64.1 Å². The molecule has 2 amide bonds. The lowest BCUT2D eigenvalue weighted by Crippen LogP contribution is -2.48. The maximum Gasteiger partial charge on any atom is 0.289 e. The van der Waals surface area contributed by atoms with Crippen molar-refractivity contribution in [3.05, 3.63) is 46.5 Å². The van der Waals surface area contributed by atoms with Crippen LogP contribution in [0, 0.1) is 0 Å². The molecule has 1 N–H and O–H groups in total. The Bertz CT molecular complexity index is 916. The molecular weight excluding hydrogens is 390 g/mol. The van der Waals surface area contributed by atoms with E-state index in [2.05, 4.69) is 15.5 Å². The summed E-state index contributed by atoms with van der Waals surface area (Å²) in [4.78, 5) is 27.9. The van der Waals surface area contributed by atoms with E-state index >= 15 is 0 Å². The number of hydrogen-bond donors (Lipinski definition) is 1. The van der Waals surface area contributed by atoms with Gasteiger partial charge < -0.3 is 14.8 Å². The number of amides is 2. The topological polar surface area (TPSA) is 80.1 Å². The van der Waals surface area contributed by atoms with E-state index in [1.165, 1.54) is 0 Å². The van der Waals surface area contributed by atoms with Gasteiger partial charge in [-0.15, -0.1) is 10.2 Å². The van der Waals surface area contributed by atoms with Crippen molar-refractivity contribution in [1.82, 2.24) is 25.0 Å². The van der Waals surface area contributed by atoms with Gasteiger partial charge in [-0.1, -0.05) is 36.6 Å². The van der Waals surface area contributed by atoms with Gasteiger partial charge in [0.2, 0.25) is 11.7 Å². The molecule has 0 spiro atoms. The number of nitrogens with one attached hydrogen (secondary N) is 1. The maximum absolute atomic E-state index is 13.7. The van der Waals surface area contributed by atoms with Crippen LogP contribution < -0.4 is 5.32 Å². The molecule has 4 rings (SSSR count). The zero-order valence-electron chi connectivity index (χ0n) is 16.8. The van der Waals surface area contributed by atoms with Crippen molar-refractivity contribution < 1.29 is 9.59 Å². The second-order valence-electron chi connectivity index (χ2n) is 8.24. The Labute approximate surface area is 175 Å². The number of benzene rings is 1. The molecule has 154 valence electrons. The number of rotatable bonds is 4. The highest BCUT2D eigenvalue weighted by Gasteiger charge is 2.45. The molecule has 0 saturated heterocycles. The van der Waals surface area contributed by atoms with Gasteiger partial charge in [-0.05, 0) is 44.4 Å². The lowest BCUT2D eigenvalue weighted by atomic mass is 9.77. The summed E-state index contributed by atoms with van der Waals surface area (Å²) < 4.78 is 1.82. The normalized spacial score (nSPS) is 18.0. The van der Waals surface area contributed by atoms with Gasteiger partial charge >= 0.3 is 0 Å². The molecule has 1 aliphatic carbocycles. The Balaban J connectivity index is 1.57. The number of hydrogen-bond acceptors (Lipinski definition) is 4. The first-order valence-corrected chi connectivity index (χ1v) is 10.6. The highest BCUT2D eigenvalue weighted by molar-refractivity contribution is 6.30. The molecule has 1 fully saturated rings. The molecule has 0 atom stereocenters. The molecule has 0 unspecified atom stereocenters. The fourth-order valence-electron chi connectivity index (χ4n) is 4.50. The van der Waals surface area contributed by atoms with E-state index in [1.54, 1.807) is 0 Å². The predicted molar refractivity (Wildman–Crippen MR) is 110 cm³/mol. The van der Waals surface area contributed by atoms with Crippen LogP contribution in [0.25, 0.3) is 0 Å². The number of fused-ring (bicyclic) bond motifs is 1. The van der Waals surface area contributed by atoms with Gasteiger partial charge in [0.1, 0.15) is 0 Å². The van der Waals surface area contributed by atoms with Gasteiger partial charge in [-0.2, -0.15) is 0 Å². The number of nitrogens with zero attached hydrogens (tertiary/aromatic N) is 4. The van der Waals surface area contributed by atoms with Crippen LogP contribution in [-0.4, -0.2) is 44.1 Å². The van der Waals surface area contributed by atoms with Crippen molar-refractivity contribution in [2.24, 2.45) is 0 Å². The van der Waals surface area contributed by atoms with Gasteiger partial charge in [-0.25, -0.2) is 0 Å². The summed E-state index contributed by atoms with van der Waals surface area (Å²) in [7, 11) is 0. The molecule has 29 heavy (non-hydrogen) atoms. The summed E-state index contributed by atoms with van der Waals surface area (Å²) in [6.45, 7) is 5.25. The van der Waals surface area contributed by atoms with E-state index in [1.807, 2.05) is 47.6 Å². The van der Waals surface area contributed by atoms with E-state index in [9.17, 15) is 9.59 Å². The fourth-order valence-corrected chi connectivity index (χ4v) is 4.63. The van der Waals surface area contributed by atoms with E-state index in [0.717, 1.165) is 31.2 Å². The second-order valence-corrected chi connectivity index (χ2v) is 8.68. The Morgan fingerprint density at radius 2 is 1.79 bits per heavy atom. The fraction of sp³-hybridized carbons (Fsp3) is 0.524. The van der Waals surface area contributed by atoms with Gasteiger partial charge in [0, 0.05) is 24.2 Å². The first-order valence-electron chi connectivity index (χ1n) is 10.2. The quantitative estimate of drug-likeness (QED) is 0.832. The summed E-state index contributed by atoms with van der Waals surface area (Å²) >= 11 is 6.06. The van der Waals surface area contributed by atoms with E-state index in [4.69, 9.17) is 11.6 Å². The monoisotopic (exact) mass is 415 g/mol. The summed E-state index contributed by atoms with van der Waals surface area (Å²) in [6, 6.07) is 7.70. The van der Waals surface area contributed by atoms with E-state index in [-0.39, 0.29) is 17.9 Å². The van der Waals surface area contributed by atoms with Crippen LogP contribution >= 0.6 is 11.6 Å². The minimum absolute atomic E-state index is 0.0266. The molecule has 8 heteroatoms. The summed E-state index contributed by atoms with van der Waals surface area (Å²) in [5, 5.41) is 11.8. The zero-order chi connectivity index (χ0) is 20.6. The second kappa shape index (κ2) is 7.78. The SMILES string of the molecule is CC(C)NC(=O)c1nnc2n1CCN(C(=O)C1(c3ccc(Cl)cc3)CCCC1)C2. The molecule has 1 aliphatic heterocycles. The van der Waals surface area contributed by atoms with Gasteiger partial charge in [0.15, 0.2) is 5.82 Å². The van der Waals surface area contributed by atoms with Crippen molar-refractivity contribution in [1.29, 1.82) is 0 Å². The highest BCUT2D eigenvalue weighted by atomic mass is 35.5. The van der Waals surface area contributed by atoms with Crippen LogP contribution in [0.1, 0.15) is 61.5 Å². The number of carbonyl (C=O) groups is 2. The summed E-state index contributed by atoms with van der Waals surface area (Å²) in [5.41, 5.74) is 0.540. The Kier molecular flexibility index (Phi) is 5.34. The molecule has 0 radical (unpaired) electrons. The first kappa shape index (κ1) is 19.9. The van der Waals surface area contributed by atoms with Gasteiger partial charge in [0.05, 0.1) is 12.0 Å². The highest BCUT2D eigenvalue weighted by Crippen LogP contribution is 2.43. The lowest BCUT2D eigenvalue weighted by molar-refractivity contribution is -0.139. The van der Waals surface area contributed by atoms with Crippen molar-refractivity contribution in [3.63, 3.8) is 0 Å². The molecule has 2 heterocycles. The Hall–Kier alpha value is -2.41. The molecule has 2 aliphatic rings. The standard InChI is InChI=1S/C21H26ClN5O2/c1-14(2)23-19(28)18-25-24-17-13-26(11-12-27(17)18)20(29)21(9-3-4-10-21)15-5-7-16(22)8-6-15/h5-8,14H,3-4,9-13H2,1-2H3,(H,23,28). The third-order valence-electron chi connectivity index (χ3n) is 5.93. The van der Waals surface area contributed by atoms with Crippen molar-refractivity contribution >= 4 is 23.4 Å². The predicted octanol–water partition coefficient (Wildman–Crippen LogP) is 2.92. The zero-order valence-corrected chi connectivity index (χ0v) is 17.6. The third-order valence-corrected chi connectivity index (χ3v) is 6.18. The molecule has 7 nitrogen and oxygen atoms in total. The maximum atomic E-state index is 13.7. The average Bonchev–Trinajstić information content (AvgIpc) is 3.35. The molecule has 0 bridgehead atoms. The molecule has 1 aromatic carbocycles. The van der Waals surface area contributed by atoms with Crippen LogP contribution in [0.5, 0.6) is 0 Å². The smallest absolute Gasteiger partial charge is 0.289 e. The Morgan fingerprint density at radius 3 is 2.45 bits per heavy atom. The van der Waals surface area contributed by atoms with Crippen molar-refractivity contribution in [2.75, 3.05) is 6.54 Å². The summed E-state index contributed by atoms with van der Waals surface area (Å²) in [5.74, 6) is 0.878. The van der Waals surface area contributed by atoms with Crippen LogP contribution in [0.4, 0.5) is 0 Å². The van der Waals surface area contributed by atoms with Crippen LogP contribution in [0.3, 0.4) is 0 Å². The third kappa shape index (κ3) is 3.64. The minimum atomic E-state index is -0.495. The Morgan fingerprint density at radius 1 is 1.10 bits per heavy atom. The minimum Gasteiger partial charge on any atom is -0.347 e. The van der Waals surface area contributed by atoms with Crippen molar-refractivity contribution in [3.8, 4) is 0 Å². The average molecular weight is 416 g/mol. The number of aromatic nitrogens is 3. The first-order chi connectivity index (χ1) is 13.9. The van der Waals surface area contributed by atoms with Crippen LogP contribution in [0.15, 0.2) is 24.3 Å². The molecule has 1 aromatic heterocycles. The molecular formula is C21H26ClN5O2. The number of halogens is 1.